The molecular weight excluding hydrogens is 193 g/mol. The first-order valence-corrected chi connectivity index (χ1v) is 5.33. The molecule has 0 bridgehead atoms. The van der Waals surface area contributed by atoms with E-state index >= 15 is 0 Å². The van der Waals surface area contributed by atoms with E-state index in [1.165, 1.54) is 12.1 Å². The molecule has 0 spiro atoms. The zero-order valence-electron chi connectivity index (χ0n) is 8.50. The van der Waals surface area contributed by atoms with E-state index < -0.39 is 5.82 Å². The van der Waals surface area contributed by atoms with Crippen LogP contribution in [0.25, 0.3) is 0 Å². The minimum absolute atomic E-state index is 0.143. The molecule has 1 aromatic carbocycles. The van der Waals surface area contributed by atoms with Crippen molar-refractivity contribution in [2.24, 2.45) is 0 Å². The van der Waals surface area contributed by atoms with Crippen LogP contribution in [0.1, 0.15) is 36.0 Å². The SMILES string of the molecule is O=C(NC1CCCC1)c1ccccc1F. The van der Waals surface area contributed by atoms with E-state index in [2.05, 4.69) is 5.32 Å². The van der Waals surface area contributed by atoms with Crippen molar-refractivity contribution in [1.82, 2.24) is 5.32 Å². The lowest BCUT2D eigenvalue weighted by molar-refractivity contribution is 0.0934. The Bertz CT molecular complexity index is 358. The molecule has 15 heavy (non-hydrogen) atoms. The summed E-state index contributed by atoms with van der Waals surface area (Å²) in [5.41, 5.74) is 0.143. The van der Waals surface area contributed by atoms with Crippen molar-refractivity contribution in [3.8, 4) is 0 Å². The van der Waals surface area contributed by atoms with E-state index in [1.54, 1.807) is 12.1 Å². The fraction of sp³-hybridized carbons (Fsp3) is 0.417. The summed E-state index contributed by atoms with van der Waals surface area (Å²) in [5, 5.41) is 2.86. The molecule has 0 aromatic heterocycles. The van der Waals surface area contributed by atoms with Crippen LogP contribution >= 0.6 is 0 Å². The third-order valence-corrected chi connectivity index (χ3v) is 2.81. The molecule has 0 saturated heterocycles. The monoisotopic (exact) mass is 207 g/mol. The van der Waals surface area contributed by atoms with Crippen molar-refractivity contribution in [3.05, 3.63) is 35.6 Å². The Morgan fingerprint density at radius 2 is 1.93 bits per heavy atom. The van der Waals surface area contributed by atoms with Crippen LogP contribution < -0.4 is 5.32 Å². The number of benzene rings is 1. The lowest BCUT2D eigenvalue weighted by Gasteiger charge is -2.11. The van der Waals surface area contributed by atoms with Crippen LogP contribution in [0.5, 0.6) is 0 Å². The van der Waals surface area contributed by atoms with Gasteiger partial charge < -0.3 is 5.32 Å². The average molecular weight is 207 g/mol. The van der Waals surface area contributed by atoms with Gasteiger partial charge >= 0.3 is 0 Å². The number of halogens is 1. The minimum atomic E-state index is -0.451. The predicted molar refractivity (Wildman–Crippen MR) is 56.1 cm³/mol. The Hall–Kier alpha value is -1.38. The van der Waals surface area contributed by atoms with Gasteiger partial charge in [0, 0.05) is 6.04 Å². The lowest BCUT2D eigenvalue weighted by atomic mass is 10.1. The molecule has 1 saturated carbocycles. The summed E-state index contributed by atoms with van der Waals surface area (Å²) in [6.07, 6.45) is 4.34. The van der Waals surface area contributed by atoms with E-state index in [4.69, 9.17) is 0 Å². The normalized spacial score (nSPS) is 16.6. The summed E-state index contributed by atoms with van der Waals surface area (Å²) in [7, 11) is 0. The summed E-state index contributed by atoms with van der Waals surface area (Å²) < 4.78 is 13.3. The van der Waals surface area contributed by atoms with Gasteiger partial charge in [0.05, 0.1) is 5.56 Å². The van der Waals surface area contributed by atoms with Crippen molar-refractivity contribution in [2.45, 2.75) is 31.7 Å². The Balaban J connectivity index is 2.04. The van der Waals surface area contributed by atoms with Crippen LogP contribution in [-0.2, 0) is 0 Å². The van der Waals surface area contributed by atoms with E-state index in [9.17, 15) is 9.18 Å². The second-order valence-corrected chi connectivity index (χ2v) is 3.93. The number of amides is 1. The number of carbonyl (C=O) groups excluding carboxylic acids is 1. The van der Waals surface area contributed by atoms with Crippen LogP contribution in [0.3, 0.4) is 0 Å². The molecule has 3 heteroatoms. The molecule has 0 atom stereocenters. The molecule has 0 aliphatic heterocycles. The fourth-order valence-corrected chi connectivity index (χ4v) is 1.98. The summed E-state index contributed by atoms with van der Waals surface area (Å²) in [6, 6.07) is 6.31. The third kappa shape index (κ3) is 2.35. The van der Waals surface area contributed by atoms with Gasteiger partial charge in [0.1, 0.15) is 5.82 Å². The van der Waals surface area contributed by atoms with Crippen LogP contribution in [0.4, 0.5) is 4.39 Å². The van der Waals surface area contributed by atoms with Gasteiger partial charge in [-0.05, 0) is 25.0 Å². The summed E-state index contributed by atoms with van der Waals surface area (Å²) in [4.78, 5) is 11.7. The van der Waals surface area contributed by atoms with E-state index in [1.807, 2.05) is 0 Å². The first kappa shape index (κ1) is 10.1. The second-order valence-electron chi connectivity index (χ2n) is 3.93. The molecule has 1 aliphatic carbocycles. The van der Waals surface area contributed by atoms with Gasteiger partial charge in [-0.15, -0.1) is 0 Å². The van der Waals surface area contributed by atoms with Crippen LogP contribution in [0, 0.1) is 5.82 Å². The maximum atomic E-state index is 13.3. The molecule has 2 nitrogen and oxygen atoms in total. The second kappa shape index (κ2) is 4.43. The van der Waals surface area contributed by atoms with Crippen LogP contribution in [0.2, 0.25) is 0 Å². The summed E-state index contributed by atoms with van der Waals surface area (Å²) in [5.74, 6) is -0.743. The van der Waals surface area contributed by atoms with Gasteiger partial charge in [-0.1, -0.05) is 25.0 Å². The molecule has 1 fully saturated rings. The highest BCUT2D eigenvalue weighted by molar-refractivity contribution is 5.94. The predicted octanol–water partition coefficient (Wildman–Crippen LogP) is 2.50. The zero-order chi connectivity index (χ0) is 10.7. The molecule has 1 aromatic rings. The number of nitrogens with one attached hydrogen (secondary N) is 1. The van der Waals surface area contributed by atoms with Crippen molar-refractivity contribution in [1.29, 1.82) is 0 Å². The number of carbonyl (C=O) groups is 1. The first-order chi connectivity index (χ1) is 7.27. The Morgan fingerprint density at radius 1 is 1.27 bits per heavy atom. The maximum Gasteiger partial charge on any atom is 0.254 e. The van der Waals surface area contributed by atoms with Crippen LogP contribution in [-0.4, -0.2) is 11.9 Å². The number of rotatable bonds is 2. The molecule has 1 N–H and O–H groups in total. The molecule has 0 heterocycles. The van der Waals surface area contributed by atoms with Crippen molar-refractivity contribution in [2.75, 3.05) is 0 Å². The number of hydrogen-bond acceptors (Lipinski definition) is 1. The van der Waals surface area contributed by atoms with Gasteiger partial charge in [0.25, 0.3) is 5.91 Å². The lowest BCUT2D eigenvalue weighted by Crippen LogP contribution is -2.33. The smallest absolute Gasteiger partial charge is 0.254 e. The minimum Gasteiger partial charge on any atom is -0.349 e. The molecule has 1 aliphatic rings. The number of hydrogen-bond donors (Lipinski definition) is 1. The van der Waals surface area contributed by atoms with Crippen molar-refractivity contribution >= 4 is 5.91 Å². The van der Waals surface area contributed by atoms with E-state index in [0.29, 0.717) is 0 Å². The third-order valence-electron chi connectivity index (χ3n) is 2.81. The Kier molecular flexibility index (Phi) is 2.99. The molecule has 0 unspecified atom stereocenters. The molecular formula is C12H14FNO. The van der Waals surface area contributed by atoms with Gasteiger partial charge in [0.15, 0.2) is 0 Å². The molecule has 80 valence electrons. The molecule has 2 rings (SSSR count). The van der Waals surface area contributed by atoms with Gasteiger partial charge in [-0.25, -0.2) is 4.39 Å². The van der Waals surface area contributed by atoms with Crippen molar-refractivity contribution in [3.63, 3.8) is 0 Å². The Morgan fingerprint density at radius 3 is 2.60 bits per heavy atom. The topological polar surface area (TPSA) is 29.1 Å². The molecule has 0 radical (unpaired) electrons. The van der Waals surface area contributed by atoms with Crippen molar-refractivity contribution < 1.29 is 9.18 Å². The highest BCUT2D eigenvalue weighted by Crippen LogP contribution is 2.18. The fourth-order valence-electron chi connectivity index (χ4n) is 1.98. The first-order valence-electron chi connectivity index (χ1n) is 5.33. The van der Waals surface area contributed by atoms with E-state index in [-0.39, 0.29) is 17.5 Å². The summed E-state index contributed by atoms with van der Waals surface area (Å²) >= 11 is 0. The molecule has 1 amide bonds. The van der Waals surface area contributed by atoms with Gasteiger partial charge in [-0.2, -0.15) is 0 Å². The largest absolute Gasteiger partial charge is 0.349 e. The summed E-state index contributed by atoms with van der Waals surface area (Å²) in [6.45, 7) is 0. The quantitative estimate of drug-likeness (QED) is 0.793. The average Bonchev–Trinajstić information content (AvgIpc) is 2.71. The standard InChI is InChI=1S/C12H14FNO/c13-11-8-4-3-7-10(11)12(15)14-9-5-1-2-6-9/h3-4,7-9H,1-2,5-6H2,(H,14,15). The van der Waals surface area contributed by atoms with Crippen LogP contribution in [0.15, 0.2) is 24.3 Å². The highest BCUT2D eigenvalue weighted by atomic mass is 19.1. The Labute approximate surface area is 88.5 Å². The van der Waals surface area contributed by atoms with Gasteiger partial charge in [-0.3, -0.25) is 4.79 Å². The maximum absolute atomic E-state index is 13.3. The highest BCUT2D eigenvalue weighted by Gasteiger charge is 2.19. The van der Waals surface area contributed by atoms with Gasteiger partial charge in [0.2, 0.25) is 0 Å². The zero-order valence-corrected chi connectivity index (χ0v) is 8.50. The van der Waals surface area contributed by atoms with E-state index in [0.717, 1.165) is 25.7 Å².